The molecule has 1 aromatic carbocycles. The molecule has 5 nitrogen and oxygen atoms in total. The van der Waals surface area contributed by atoms with Crippen molar-refractivity contribution in [1.29, 1.82) is 0 Å². The summed E-state index contributed by atoms with van der Waals surface area (Å²) < 4.78 is 0. The molecule has 2 heterocycles. The van der Waals surface area contributed by atoms with Crippen molar-refractivity contribution in [2.45, 2.75) is 18.9 Å². The Bertz CT molecular complexity index is 702. The maximum Gasteiger partial charge on any atom is 0.212 e. The molecule has 0 saturated heterocycles. The summed E-state index contributed by atoms with van der Waals surface area (Å²) in [5, 5.41) is 31.9. The van der Waals surface area contributed by atoms with E-state index in [1.54, 1.807) is 29.2 Å². The van der Waals surface area contributed by atoms with Crippen LogP contribution >= 0.6 is 22.9 Å². The standard InChI is InChI=1S/C15H15ClN2O3S/c16-10-3-1-2-4-11(10)17-14(15(20)21)18-7-9-5-6-22-13(9)12(19)8-18/h1-6,12,15,19-21H,7-8H2. The summed E-state index contributed by atoms with van der Waals surface area (Å²) in [6.45, 7) is 0.727. The predicted octanol–water partition coefficient (Wildman–Crippen LogP) is 2.29. The number of aliphatic imine (C=N–C) groups is 1. The second kappa shape index (κ2) is 6.36. The lowest BCUT2D eigenvalue weighted by atomic mass is 10.1. The largest absolute Gasteiger partial charge is 0.386 e. The van der Waals surface area contributed by atoms with Crippen molar-refractivity contribution in [3.05, 3.63) is 51.2 Å². The lowest BCUT2D eigenvalue weighted by Gasteiger charge is -2.33. The highest BCUT2D eigenvalue weighted by Gasteiger charge is 2.29. The van der Waals surface area contributed by atoms with Crippen LogP contribution in [0.3, 0.4) is 0 Å². The first-order valence-electron chi connectivity index (χ1n) is 6.75. The van der Waals surface area contributed by atoms with Crippen LogP contribution in [0.4, 0.5) is 5.69 Å². The molecule has 0 spiro atoms. The third-order valence-electron chi connectivity index (χ3n) is 3.48. The van der Waals surface area contributed by atoms with E-state index in [2.05, 4.69) is 4.99 Å². The average molecular weight is 339 g/mol. The number of hydrogen-bond donors (Lipinski definition) is 3. The van der Waals surface area contributed by atoms with Crippen LogP contribution < -0.4 is 0 Å². The van der Waals surface area contributed by atoms with Crippen molar-refractivity contribution >= 4 is 34.5 Å². The first-order valence-corrected chi connectivity index (χ1v) is 8.00. The molecule has 0 radical (unpaired) electrons. The first-order chi connectivity index (χ1) is 10.6. The molecule has 1 unspecified atom stereocenters. The van der Waals surface area contributed by atoms with Gasteiger partial charge >= 0.3 is 0 Å². The number of β-amino-alcohol motifs (C(OH)–C–C–N with tert-alkyl or cyclic N) is 1. The van der Waals surface area contributed by atoms with Gasteiger partial charge in [0.2, 0.25) is 6.29 Å². The Morgan fingerprint density at radius 3 is 2.82 bits per heavy atom. The zero-order chi connectivity index (χ0) is 15.7. The number of fused-ring (bicyclic) bond motifs is 1. The third-order valence-corrected chi connectivity index (χ3v) is 4.86. The summed E-state index contributed by atoms with van der Waals surface area (Å²) >= 11 is 7.57. The maximum atomic E-state index is 10.2. The molecule has 3 rings (SSSR count). The van der Waals surface area contributed by atoms with Gasteiger partial charge in [0.15, 0.2) is 5.84 Å². The van der Waals surface area contributed by atoms with E-state index in [4.69, 9.17) is 11.6 Å². The van der Waals surface area contributed by atoms with E-state index in [1.807, 2.05) is 11.4 Å². The Hall–Kier alpha value is -1.44. The Kier molecular flexibility index (Phi) is 4.46. The molecule has 0 fully saturated rings. The molecule has 0 bridgehead atoms. The number of benzene rings is 1. The number of aliphatic hydroxyl groups excluding tert-OH is 2. The monoisotopic (exact) mass is 338 g/mol. The molecular weight excluding hydrogens is 324 g/mol. The zero-order valence-electron chi connectivity index (χ0n) is 11.6. The van der Waals surface area contributed by atoms with Gasteiger partial charge in [0.1, 0.15) is 6.10 Å². The van der Waals surface area contributed by atoms with Gasteiger partial charge in [-0.05, 0) is 29.1 Å². The van der Waals surface area contributed by atoms with Gasteiger partial charge < -0.3 is 20.2 Å². The normalized spacial score (nSPS) is 18.7. The van der Waals surface area contributed by atoms with E-state index < -0.39 is 12.4 Å². The van der Waals surface area contributed by atoms with Crippen molar-refractivity contribution in [3.63, 3.8) is 0 Å². The molecule has 3 N–H and O–H groups in total. The quantitative estimate of drug-likeness (QED) is 0.446. The summed E-state index contributed by atoms with van der Waals surface area (Å²) in [6, 6.07) is 8.85. The van der Waals surface area contributed by atoms with Gasteiger partial charge in [-0.1, -0.05) is 23.7 Å². The number of halogens is 1. The molecule has 22 heavy (non-hydrogen) atoms. The first kappa shape index (κ1) is 15.5. The summed E-state index contributed by atoms with van der Waals surface area (Å²) in [6.07, 6.45) is -2.41. The van der Waals surface area contributed by atoms with Gasteiger partial charge in [0.05, 0.1) is 17.3 Å². The molecule has 0 amide bonds. The smallest absolute Gasteiger partial charge is 0.212 e. The highest BCUT2D eigenvalue weighted by Crippen LogP contribution is 2.32. The lowest BCUT2D eigenvalue weighted by molar-refractivity contribution is 0.00508. The number of thiophene rings is 1. The van der Waals surface area contributed by atoms with Crippen molar-refractivity contribution < 1.29 is 15.3 Å². The topological polar surface area (TPSA) is 76.3 Å². The predicted molar refractivity (Wildman–Crippen MR) is 86.5 cm³/mol. The van der Waals surface area contributed by atoms with Crippen LogP contribution in [-0.4, -0.2) is 38.9 Å². The average Bonchev–Trinajstić information content (AvgIpc) is 2.95. The van der Waals surface area contributed by atoms with Crippen molar-refractivity contribution in [1.82, 2.24) is 4.90 Å². The van der Waals surface area contributed by atoms with Gasteiger partial charge in [-0.2, -0.15) is 0 Å². The minimum absolute atomic E-state index is 0.0731. The fraction of sp³-hybridized carbons (Fsp3) is 0.267. The van der Waals surface area contributed by atoms with E-state index in [9.17, 15) is 15.3 Å². The van der Waals surface area contributed by atoms with Crippen molar-refractivity contribution in [3.8, 4) is 0 Å². The van der Waals surface area contributed by atoms with Crippen LogP contribution in [0, 0.1) is 0 Å². The third kappa shape index (κ3) is 3.02. The zero-order valence-corrected chi connectivity index (χ0v) is 13.1. The highest BCUT2D eigenvalue weighted by molar-refractivity contribution is 7.10. The summed E-state index contributed by atoms with van der Waals surface area (Å²) in [5.74, 6) is 0.0731. The minimum atomic E-state index is -1.75. The molecule has 0 aliphatic carbocycles. The van der Waals surface area contributed by atoms with E-state index in [0.29, 0.717) is 17.3 Å². The molecule has 1 aliphatic heterocycles. The van der Waals surface area contributed by atoms with Crippen LogP contribution in [0.1, 0.15) is 16.5 Å². The Morgan fingerprint density at radius 2 is 2.09 bits per heavy atom. The minimum Gasteiger partial charge on any atom is -0.386 e. The second-order valence-electron chi connectivity index (χ2n) is 5.00. The molecular formula is C15H15ClN2O3S. The van der Waals surface area contributed by atoms with Crippen molar-refractivity contribution in [2.24, 2.45) is 4.99 Å². The van der Waals surface area contributed by atoms with Crippen LogP contribution in [0.5, 0.6) is 0 Å². The number of aliphatic hydroxyl groups is 3. The van der Waals surface area contributed by atoms with E-state index in [-0.39, 0.29) is 12.4 Å². The summed E-state index contributed by atoms with van der Waals surface area (Å²) in [7, 11) is 0. The number of hydrogen-bond acceptors (Lipinski definition) is 5. The molecule has 0 saturated carbocycles. The Balaban J connectivity index is 1.95. The fourth-order valence-electron chi connectivity index (χ4n) is 2.46. The fourth-order valence-corrected chi connectivity index (χ4v) is 3.54. The van der Waals surface area contributed by atoms with Crippen LogP contribution in [0.25, 0.3) is 0 Å². The second-order valence-corrected chi connectivity index (χ2v) is 6.36. The Morgan fingerprint density at radius 1 is 1.32 bits per heavy atom. The van der Waals surface area contributed by atoms with Crippen LogP contribution in [-0.2, 0) is 6.54 Å². The van der Waals surface area contributed by atoms with Gasteiger partial charge in [-0.25, -0.2) is 4.99 Å². The van der Waals surface area contributed by atoms with Gasteiger partial charge in [-0.15, -0.1) is 11.3 Å². The van der Waals surface area contributed by atoms with E-state index in [0.717, 1.165) is 10.4 Å². The molecule has 1 aromatic heterocycles. The van der Waals surface area contributed by atoms with Crippen LogP contribution in [0.15, 0.2) is 40.7 Å². The molecule has 116 valence electrons. The van der Waals surface area contributed by atoms with Crippen LogP contribution in [0.2, 0.25) is 5.02 Å². The molecule has 2 aromatic rings. The Labute approximate surface area is 136 Å². The number of amidine groups is 1. The molecule has 1 atom stereocenters. The highest BCUT2D eigenvalue weighted by atomic mass is 35.5. The van der Waals surface area contributed by atoms with Gasteiger partial charge in [-0.3, -0.25) is 0 Å². The van der Waals surface area contributed by atoms with E-state index >= 15 is 0 Å². The lowest BCUT2D eigenvalue weighted by Crippen LogP contribution is -2.43. The van der Waals surface area contributed by atoms with Gasteiger partial charge in [0.25, 0.3) is 0 Å². The summed E-state index contributed by atoms with van der Waals surface area (Å²) in [4.78, 5) is 6.85. The number of nitrogens with zero attached hydrogens (tertiary/aromatic N) is 2. The maximum absolute atomic E-state index is 10.2. The SMILES string of the molecule is OC(O)C(=Nc1ccccc1Cl)N1Cc2ccsc2C(O)C1. The molecule has 1 aliphatic rings. The number of rotatable bonds is 2. The number of para-hydroxylation sites is 1. The summed E-state index contributed by atoms with van der Waals surface area (Å²) in [5.41, 5.74) is 1.43. The van der Waals surface area contributed by atoms with Gasteiger partial charge in [0, 0.05) is 11.4 Å². The molecule has 7 heteroatoms. The van der Waals surface area contributed by atoms with E-state index in [1.165, 1.54) is 11.3 Å². The van der Waals surface area contributed by atoms with Crippen molar-refractivity contribution in [2.75, 3.05) is 6.54 Å².